The zero-order chi connectivity index (χ0) is 10.6. The molecule has 1 aromatic rings. The molecule has 1 aromatic carbocycles. The molecule has 0 fully saturated rings. The van der Waals surface area contributed by atoms with Crippen molar-refractivity contribution in [3.63, 3.8) is 0 Å². The lowest BCUT2D eigenvalue weighted by Gasteiger charge is -2.18. The van der Waals surface area contributed by atoms with Crippen LogP contribution in [0.25, 0.3) is 0 Å². The molecule has 0 saturated carbocycles. The van der Waals surface area contributed by atoms with E-state index >= 15 is 0 Å². The molecule has 2 heteroatoms. The van der Waals surface area contributed by atoms with Gasteiger partial charge in [0, 0.05) is 12.1 Å². The molecule has 0 atom stereocenters. The second-order valence-electron chi connectivity index (χ2n) is 4.46. The Hall–Kier alpha value is -0.860. The Labute approximate surface area is 85.8 Å². The highest BCUT2D eigenvalue weighted by atomic mass is 16.2. The van der Waals surface area contributed by atoms with Crippen LogP contribution < -0.4 is 5.73 Å². The molecule has 14 heavy (non-hydrogen) atoms. The van der Waals surface area contributed by atoms with Crippen LogP contribution in [-0.2, 0) is 12.8 Å². The maximum Gasteiger partial charge on any atom is 0.0471 e. The summed E-state index contributed by atoms with van der Waals surface area (Å²) < 4.78 is 0. The molecule has 0 aliphatic heterocycles. The third-order valence-electron chi connectivity index (χ3n) is 2.08. The fraction of sp³-hybridized carbons (Fsp3) is 0.500. The van der Waals surface area contributed by atoms with Gasteiger partial charge in [-0.25, -0.2) is 0 Å². The summed E-state index contributed by atoms with van der Waals surface area (Å²) in [5, 5.41) is 8.76. The van der Waals surface area contributed by atoms with E-state index in [4.69, 9.17) is 10.8 Å². The van der Waals surface area contributed by atoms with Crippen molar-refractivity contribution >= 4 is 0 Å². The number of aliphatic hydroxyl groups is 1. The lowest BCUT2D eigenvalue weighted by Crippen LogP contribution is -2.34. The smallest absolute Gasteiger partial charge is 0.0471 e. The van der Waals surface area contributed by atoms with Crippen molar-refractivity contribution in [1.29, 1.82) is 0 Å². The molecular weight excluding hydrogens is 174 g/mol. The standard InChI is InChI=1S/C12H19NO/c1-12(2,13)9-11-5-3-10(4-6-11)7-8-14/h3-6,14H,7-9,13H2,1-2H3. The van der Waals surface area contributed by atoms with E-state index in [2.05, 4.69) is 24.3 Å². The van der Waals surface area contributed by atoms with Gasteiger partial charge in [0.1, 0.15) is 0 Å². The predicted octanol–water partition coefficient (Wildman–Crippen LogP) is 1.50. The molecule has 0 spiro atoms. The second-order valence-corrected chi connectivity index (χ2v) is 4.46. The minimum atomic E-state index is -0.154. The van der Waals surface area contributed by atoms with E-state index in [1.807, 2.05) is 13.8 Å². The summed E-state index contributed by atoms with van der Waals surface area (Å²) in [7, 11) is 0. The Morgan fingerprint density at radius 2 is 1.64 bits per heavy atom. The SMILES string of the molecule is CC(C)(N)Cc1ccc(CCO)cc1. The van der Waals surface area contributed by atoms with Crippen molar-refractivity contribution in [1.82, 2.24) is 0 Å². The van der Waals surface area contributed by atoms with Gasteiger partial charge >= 0.3 is 0 Å². The molecule has 0 amide bonds. The van der Waals surface area contributed by atoms with Crippen LogP contribution in [-0.4, -0.2) is 17.3 Å². The Morgan fingerprint density at radius 3 is 2.07 bits per heavy atom. The Morgan fingerprint density at radius 1 is 1.14 bits per heavy atom. The molecule has 0 unspecified atom stereocenters. The van der Waals surface area contributed by atoms with Gasteiger partial charge in [-0.3, -0.25) is 0 Å². The molecule has 0 saturated heterocycles. The highest BCUT2D eigenvalue weighted by Crippen LogP contribution is 2.11. The number of benzene rings is 1. The molecule has 0 aromatic heterocycles. The molecule has 2 nitrogen and oxygen atoms in total. The summed E-state index contributed by atoms with van der Waals surface area (Å²) in [4.78, 5) is 0. The summed E-state index contributed by atoms with van der Waals surface area (Å²) in [5.41, 5.74) is 8.19. The average Bonchev–Trinajstić information content (AvgIpc) is 2.06. The van der Waals surface area contributed by atoms with Crippen LogP contribution in [0.2, 0.25) is 0 Å². The molecule has 0 bridgehead atoms. The highest BCUT2D eigenvalue weighted by Gasteiger charge is 2.10. The van der Waals surface area contributed by atoms with Gasteiger partial charge in [0.05, 0.1) is 0 Å². The van der Waals surface area contributed by atoms with Gasteiger partial charge in [-0.1, -0.05) is 24.3 Å². The fourth-order valence-electron chi connectivity index (χ4n) is 1.48. The topological polar surface area (TPSA) is 46.2 Å². The van der Waals surface area contributed by atoms with Gasteiger partial charge in [0.25, 0.3) is 0 Å². The zero-order valence-corrected chi connectivity index (χ0v) is 8.96. The monoisotopic (exact) mass is 193 g/mol. The van der Waals surface area contributed by atoms with Crippen LogP contribution in [0.1, 0.15) is 25.0 Å². The molecule has 3 N–H and O–H groups in total. The van der Waals surface area contributed by atoms with Crippen LogP contribution in [0.3, 0.4) is 0 Å². The molecule has 0 heterocycles. The van der Waals surface area contributed by atoms with Crippen molar-refractivity contribution in [3.05, 3.63) is 35.4 Å². The van der Waals surface area contributed by atoms with Crippen molar-refractivity contribution in [3.8, 4) is 0 Å². The average molecular weight is 193 g/mol. The van der Waals surface area contributed by atoms with E-state index in [1.54, 1.807) is 0 Å². The summed E-state index contributed by atoms with van der Waals surface area (Å²) in [5.74, 6) is 0. The van der Waals surface area contributed by atoms with E-state index < -0.39 is 0 Å². The van der Waals surface area contributed by atoms with Crippen molar-refractivity contribution < 1.29 is 5.11 Å². The lowest BCUT2D eigenvalue weighted by atomic mass is 9.95. The number of rotatable bonds is 4. The maximum absolute atomic E-state index is 8.76. The van der Waals surface area contributed by atoms with Gasteiger partial charge in [0.2, 0.25) is 0 Å². The number of aliphatic hydroxyl groups excluding tert-OH is 1. The largest absolute Gasteiger partial charge is 0.396 e. The molecular formula is C12H19NO. The normalized spacial score (nSPS) is 11.7. The van der Waals surface area contributed by atoms with Gasteiger partial charge in [-0.2, -0.15) is 0 Å². The first-order valence-corrected chi connectivity index (χ1v) is 4.99. The highest BCUT2D eigenvalue weighted by molar-refractivity contribution is 5.23. The van der Waals surface area contributed by atoms with E-state index in [0.717, 1.165) is 12.8 Å². The van der Waals surface area contributed by atoms with Crippen molar-refractivity contribution in [2.75, 3.05) is 6.61 Å². The number of nitrogens with two attached hydrogens (primary N) is 1. The van der Waals surface area contributed by atoms with E-state index in [9.17, 15) is 0 Å². The van der Waals surface area contributed by atoms with Crippen LogP contribution in [0.4, 0.5) is 0 Å². The van der Waals surface area contributed by atoms with Crippen LogP contribution >= 0.6 is 0 Å². The van der Waals surface area contributed by atoms with E-state index in [1.165, 1.54) is 11.1 Å². The summed E-state index contributed by atoms with van der Waals surface area (Å²) >= 11 is 0. The van der Waals surface area contributed by atoms with E-state index in [0.29, 0.717) is 0 Å². The predicted molar refractivity (Wildman–Crippen MR) is 59.2 cm³/mol. The quantitative estimate of drug-likeness (QED) is 0.761. The van der Waals surface area contributed by atoms with Gasteiger partial charge in [-0.05, 0) is 37.8 Å². The minimum absolute atomic E-state index is 0.154. The molecule has 78 valence electrons. The first-order valence-electron chi connectivity index (χ1n) is 4.99. The first kappa shape index (κ1) is 11.2. The van der Waals surface area contributed by atoms with Gasteiger partial charge < -0.3 is 10.8 Å². The summed E-state index contributed by atoms with van der Waals surface area (Å²) in [6, 6.07) is 8.27. The van der Waals surface area contributed by atoms with Gasteiger partial charge in [-0.15, -0.1) is 0 Å². The minimum Gasteiger partial charge on any atom is -0.396 e. The van der Waals surface area contributed by atoms with Crippen LogP contribution in [0.5, 0.6) is 0 Å². The zero-order valence-electron chi connectivity index (χ0n) is 8.96. The summed E-state index contributed by atoms with van der Waals surface area (Å²) in [6.07, 6.45) is 1.61. The maximum atomic E-state index is 8.76. The molecule has 1 rings (SSSR count). The Balaban J connectivity index is 2.64. The van der Waals surface area contributed by atoms with Crippen molar-refractivity contribution in [2.45, 2.75) is 32.2 Å². The van der Waals surface area contributed by atoms with Crippen molar-refractivity contribution in [2.24, 2.45) is 5.73 Å². The van der Waals surface area contributed by atoms with E-state index in [-0.39, 0.29) is 12.1 Å². The number of hydrogen-bond donors (Lipinski definition) is 2. The molecule has 0 aliphatic rings. The Bertz CT molecular complexity index is 271. The third kappa shape index (κ3) is 3.90. The lowest BCUT2D eigenvalue weighted by molar-refractivity contribution is 0.299. The van der Waals surface area contributed by atoms with Gasteiger partial charge in [0.15, 0.2) is 0 Å². The molecule has 0 radical (unpaired) electrons. The molecule has 0 aliphatic carbocycles. The third-order valence-corrected chi connectivity index (χ3v) is 2.08. The number of hydrogen-bond acceptors (Lipinski definition) is 2. The summed E-state index contributed by atoms with van der Waals surface area (Å²) in [6.45, 7) is 4.25. The second kappa shape index (κ2) is 4.58. The fourth-order valence-corrected chi connectivity index (χ4v) is 1.48. The Kier molecular flexibility index (Phi) is 3.67. The van der Waals surface area contributed by atoms with Crippen LogP contribution in [0, 0.1) is 0 Å². The van der Waals surface area contributed by atoms with Crippen LogP contribution in [0.15, 0.2) is 24.3 Å². The first-order chi connectivity index (χ1) is 6.51.